The summed E-state index contributed by atoms with van der Waals surface area (Å²) in [5, 5.41) is 3.22. The van der Waals surface area contributed by atoms with Gasteiger partial charge in [-0.2, -0.15) is 0 Å². The van der Waals surface area contributed by atoms with Gasteiger partial charge in [-0.25, -0.2) is 0 Å². The van der Waals surface area contributed by atoms with Crippen LogP contribution < -0.4 is 5.32 Å². The van der Waals surface area contributed by atoms with Crippen LogP contribution in [0, 0.1) is 0 Å². The zero-order valence-electron chi connectivity index (χ0n) is 9.48. The van der Waals surface area contributed by atoms with Crippen molar-refractivity contribution in [1.29, 1.82) is 0 Å². The zero-order chi connectivity index (χ0) is 11.4. The number of carbonyl (C=O) groups excluding carboxylic acids is 1. The van der Waals surface area contributed by atoms with Crippen LogP contribution in [0.15, 0.2) is 30.3 Å². The Balaban J connectivity index is 1.80. The standard InChI is InChI=1S/C13H17NO2/c1-10-7-8-12(14-10)13(15)16-9-11-5-3-2-4-6-11/h2-6,10,12,14H,7-9H2,1H3/t10?,12-/m0/s1. The summed E-state index contributed by atoms with van der Waals surface area (Å²) in [5.74, 6) is -0.131. The number of hydrogen-bond acceptors (Lipinski definition) is 3. The molecular formula is C13H17NO2. The molecule has 3 heteroatoms. The Morgan fingerprint density at radius 1 is 1.38 bits per heavy atom. The summed E-state index contributed by atoms with van der Waals surface area (Å²) in [4.78, 5) is 11.7. The topological polar surface area (TPSA) is 38.3 Å². The van der Waals surface area contributed by atoms with Crippen molar-refractivity contribution in [3.05, 3.63) is 35.9 Å². The molecule has 1 aromatic carbocycles. The number of nitrogens with one attached hydrogen (secondary N) is 1. The van der Waals surface area contributed by atoms with Crippen LogP contribution in [0.4, 0.5) is 0 Å². The molecule has 0 bridgehead atoms. The van der Waals surface area contributed by atoms with E-state index in [1.807, 2.05) is 30.3 Å². The van der Waals surface area contributed by atoms with Crippen LogP contribution in [0.1, 0.15) is 25.3 Å². The summed E-state index contributed by atoms with van der Waals surface area (Å²) in [6.07, 6.45) is 1.93. The predicted octanol–water partition coefficient (Wildman–Crippen LogP) is 1.87. The average molecular weight is 219 g/mol. The van der Waals surface area contributed by atoms with Crippen molar-refractivity contribution in [2.75, 3.05) is 0 Å². The Morgan fingerprint density at radius 3 is 2.75 bits per heavy atom. The van der Waals surface area contributed by atoms with Crippen molar-refractivity contribution in [2.24, 2.45) is 0 Å². The second-order valence-corrected chi connectivity index (χ2v) is 4.29. The van der Waals surface area contributed by atoms with Crippen LogP contribution in [-0.4, -0.2) is 18.1 Å². The molecule has 0 aromatic heterocycles. The van der Waals surface area contributed by atoms with Gasteiger partial charge in [-0.15, -0.1) is 0 Å². The monoisotopic (exact) mass is 219 g/mol. The first kappa shape index (κ1) is 11.1. The molecule has 0 spiro atoms. The van der Waals surface area contributed by atoms with Crippen LogP contribution >= 0.6 is 0 Å². The van der Waals surface area contributed by atoms with E-state index in [2.05, 4.69) is 12.2 Å². The Kier molecular flexibility index (Phi) is 3.57. The van der Waals surface area contributed by atoms with Crippen LogP contribution in [-0.2, 0) is 16.1 Å². The van der Waals surface area contributed by atoms with Gasteiger partial charge in [0.25, 0.3) is 0 Å². The average Bonchev–Trinajstić information content (AvgIpc) is 2.74. The van der Waals surface area contributed by atoms with Gasteiger partial charge in [0.05, 0.1) is 0 Å². The minimum Gasteiger partial charge on any atom is -0.460 e. The van der Waals surface area contributed by atoms with Gasteiger partial charge in [0.2, 0.25) is 0 Å². The molecule has 0 amide bonds. The van der Waals surface area contributed by atoms with Crippen molar-refractivity contribution in [3.8, 4) is 0 Å². The highest BCUT2D eigenvalue weighted by Gasteiger charge is 2.27. The second kappa shape index (κ2) is 5.12. The maximum absolute atomic E-state index is 11.7. The molecule has 3 nitrogen and oxygen atoms in total. The predicted molar refractivity (Wildman–Crippen MR) is 61.9 cm³/mol. The van der Waals surface area contributed by atoms with Crippen molar-refractivity contribution in [3.63, 3.8) is 0 Å². The summed E-state index contributed by atoms with van der Waals surface area (Å²) >= 11 is 0. The SMILES string of the molecule is CC1CC[C@@H](C(=O)OCc2ccccc2)N1. The lowest BCUT2D eigenvalue weighted by molar-refractivity contribution is -0.147. The molecule has 1 saturated heterocycles. The van der Waals surface area contributed by atoms with Gasteiger partial charge in [-0.1, -0.05) is 30.3 Å². The largest absolute Gasteiger partial charge is 0.460 e. The van der Waals surface area contributed by atoms with E-state index in [1.165, 1.54) is 0 Å². The minimum atomic E-state index is -0.131. The molecular weight excluding hydrogens is 202 g/mol. The molecule has 0 aliphatic carbocycles. The number of esters is 1. The lowest BCUT2D eigenvalue weighted by Gasteiger charge is -2.11. The third kappa shape index (κ3) is 2.83. The van der Waals surface area contributed by atoms with Crippen molar-refractivity contribution < 1.29 is 9.53 Å². The van der Waals surface area contributed by atoms with Crippen LogP contribution in [0.3, 0.4) is 0 Å². The van der Waals surface area contributed by atoms with Crippen LogP contribution in [0.2, 0.25) is 0 Å². The molecule has 2 rings (SSSR count). The van der Waals surface area contributed by atoms with Gasteiger partial charge in [-0.3, -0.25) is 4.79 Å². The number of rotatable bonds is 3. The first-order chi connectivity index (χ1) is 7.75. The third-order valence-electron chi connectivity index (χ3n) is 2.88. The Labute approximate surface area is 95.8 Å². The van der Waals surface area contributed by atoms with Crippen LogP contribution in [0.25, 0.3) is 0 Å². The van der Waals surface area contributed by atoms with E-state index < -0.39 is 0 Å². The first-order valence-electron chi connectivity index (χ1n) is 5.72. The van der Waals surface area contributed by atoms with Gasteiger partial charge < -0.3 is 10.1 Å². The molecule has 1 N–H and O–H groups in total. The first-order valence-corrected chi connectivity index (χ1v) is 5.72. The van der Waals surface area contributed by atoms with Gasteiger partial charge in [0.1, 0.15) is 12.6 Å². The molecule has 1 aromatic rings. The lowest BCUT2D eigenvalue weighted by atomic mass is 10.2. The van der Waals surface area contributed by atoms with E-state index >= 15 is 0 Å². The number of hydrogen-bond donors (Lipinski definition) is 1. The van der Waals surface area contributed by atoms with Crippen LogP contribution in [0.5, 0.6) is 0 Å². The number of carbonyl (C=O) groups is 1. The molecule has 1 aliphatic heterocycles. The Bertz CT molecular complexity index is 350. The molecule has 1 aliphatic rings. The highest BCUT2D eigenvalue weighted by molar-refractivity contribution is 5.76. The van der Waals surface area contributed by atoms with Gasteiger partial charge in [0, 0.05) is 6.04 Å². The van der Waals surface area contributed by atoms with E-state index in [4.69, 9.17) is 4.74 Å². The normalized spacial score (nSPS) is 24.3. The molecule has 0 saturated carbocycles. The van der Waals surface area contributed by atoms with Gasteiger partial charge >= 0.3 is 5.97 Å². The molecule has 2 atom stereocenters. The lowest BCUT2D eigenvalue weighted by Crippen LogP contribution is -2.35. The molecule has 86 valence electrons. The molecule has 1 heterocycles. The summed E-state index contributed by atoms with van der Waals surface area (Å²) in [6.45, 7) is 2.46. The fourth-order valence-corrected chi connectivity index (χ4v) is 1.94. The quantitative estimate of drug-likeness (QED) is 0.789. The smallest absolute Gasteiger partial charge is 0.323 e. The highest BCUT2D eigenvalue weighted by Crippen LogP contribution is 2.13. The fraction of sp³-hybridized carbons (Fsp3) is 0.462. The fourth-order valence-electron chi connectivity index (χ4n) is 1.94. The summed E-state index contributed by atoms with van der Waals surface area (Å²) < 4.78 is 5.26. The minimum absolute atomic E-state index is 0.112. The number of benzene rings is 1. The van der Waals surface area contributed by atoms with Crippen molar-refractivity contribution in [1.82, 2.24) is 5.32 Å². The maximum Gasteiger partial charge on any atom is 0.323 e. The third-order valence-corrected chi connectivity index (χ3v) is 2.88. The zero-order valence-corrected chi connectivity index (χ0v) is 9.48. The summed E-state index contributed by atoms with van der Waals surface area (Å²) in [5.41, 5.74) is 1.03. The van der Waals surface area contributed by atoms with E-state index in [9.17, 15) is 4.79 Å². The van der Waals surface area contributed by atoms with Crippen molar-refractivity contribution in [2.45, 2.75) is 38.5 Å². The van der Waals surface area contributed by atoms with E-state index in [-0.39, 0.29) is 12.0 Å². The Hall–Kier alpha value is -1.35. The second-order valence-electron chi connectivity index (χ2n) is 4.29. The molecule has 1 unspecified atom stereocenters. The molecule has 16 heavy (non-hydrogen) atoms. The molecule has 0 radical (unpaired) electrons. The summed E-state index contributed by atoms with van der Waals surface area (Å²) in [6, 6.07) is 10.1. The van der Waals surface area contributed by atoms with E-state index in [1.54, 1.807) is 0 Å². The summed E-state index contributed by atoms with van der Waals surface area (Å²) in [7, 11) is 0. The Morgan fingerprint density at radius 2 is 2.12 bits per heavy atom. The maximum atomic E-state index is 11.7. The van der Waals surface area contributed by atoms with Gasteiger partial charge in [-0.05, 0) is 25.3 Å². The van der Waals surface area contributed by atoms with E-state index in [0.717, 1.165) is 18.4 Å². The van der Waals surface area contributed by atoms with E-state index in [0.29, 0.717) is 12.6 Å². The molecule has 1 fully saturated rings. The van der Waals surface area contributed by atoms with Gasteiger partial charge in [0.15, 0.2) is 0 Å². The van der Waals surface area contributed by atoms with Crippen molar-refractivity contribution >= 4 is 5.97 Å². The highest BCUT2D eigenvalue weighted by atomic mass is 16.5. The number of ether oxygens (including phenoxy) is 1.